The Bertz CT molecular complexity index is 722. The van der Waals surface area contributed by atoms with Crippen LogP contribution in [0.3, 0.4) is 0 Å². The lowest BCUT2D eigenvalue weighted by Crippen LogP contribution is -2.49. The van der Waals surface area contributed by atoms with Crippen molar-refractivity contribution in [3.05, 3.63) is 121 Å². The van der Waals surface area contributed by atoms with Crippen LogP contribution in [0.2, 0.25) is 0 Å². The van der Waals surface area contributed by atoms with Gasteiger partial charge in [-0.1, -0.05) is 110 Å². The first kappa shape index (κ1) is 23.6. The highest BCUT2D eigenvalue weighted by molar-refractivity contribution is 5.20. The van der Waals surface area contributed by atoms with Gasteiger partial charge in [0.2, 0.25) is 0 Å². The van der Waals surface area contributed by atoms with Gasteiger partial charge in [-0.3, -0.25) is 0 Å². The lowest BCUT2D eigenvalue weighted by atomic mass is 9.96. The zero-order chi connectivity index (χ0) is 21.6. The molecule has 2 aromatic carbocycles. The normalized spacial score (nSPS) is 15.7. The van der Waals surface area contributed by atoms with Gasteiger partial charge in [-0.25, -0.2) is 0 Å². The number of allylic oxidation sites excluding steroid dienone is 4. The highest BCUT2D eigenvalue weighted by Crippen LogP contribution is 2.19. The summed E-state index contributed by atoms with van der Waals surface area (Å²) in [4.78, 5) is 0. The Morgan fingerprint density at radius 3 is 1.37 bits per heavy atom. The molecule has 0 unspecified atom stereocenters. The maximum Gasteiger partial charge on any atom is 0.0295 e. The molecule has 158 valence electrons. The van der Waals surface area contributed by atoms with E-state index in [-0.39, 0.29) is 24.2 Å². The number of rotatable bonds is 13. The van der Waals surface area contributed by atoms with Crippen LogP contribution in [0, 0.1) is 0 Å². The summed E-state index contributed by atoms with van der Waals surface area (Å²) in [5, 5.41) is 7.74. The maximum atomic E-state index is 3.87. The first-order valence-electron chi connectivity index (χ1n) is 10.8. The predicted molar refractivity (Wildman–Crippen MR) is 131 cm³/mol. The van der Waals surface area contributed by atoms with E-state index in [0.29, 0.717) is 0 Å². The Kier molecular flexibility index (Phi) is 10.6. The van der Waals surface area contributed by atoms with Crippen LogP contribution in [-0.4, -0.2) is 12.1 Å². The average molecular weight is 401 g/mol. The molecular weight excluding hydrogens is 364 g/mol. The average Bonchev–Trinajstić information content (AvgIpc) is 2.79. The number of benzene rings is 2. The summed E-state index contributed by atoms with van der Waals surface area (Å²) in [6.07, 6.45) is 14.0. The summed E-state index contributed by atoms with van der Waals surface area (Å²) in [6.45, 7) is 12.1. The Morgan fingerprint density at radius 2 is 1.03 bits per heavy atom. The van der Waals surface area contributed by atoms with Crippen LogP contribution in [0.4, 0.5) is 0 Å². The van der Waals surface area contributed by atoms with E-state index in [4.69, 9.17) is 0 Å². The van der Waals surface area contributed by atoms with E-state index in [0.717, 1.165) is 12.8 Å². The highest BCUT2D eigenvalue weighted by Gasteiger charge is 2.23. The van der Waals surface area contributed by atoms with Crippen molar-refractivity contribution in [2.45, 2.75) is 50.9 Å². The van der Waals surface area contributed by atoms with Gasteiger partial charge in [0.1, 0.15) is 0 Å². The molecule has 0 amide bonds. The predicted octanol–water partition coefficient (Wildman–Crippen LogP) is 6.69. The second-order valence-electron chi connectivity index (χ2n) is 7.61. The first-order valence-corrected chi connectivity index (χ1v) is 10.8. The van der Waals surface area contributed by atoms with E-state index < -0.39 is 0 Å². The van der Waals surface area contributed by atoms with Crippen LogP contribution < -0.4 is 10.6 Å². The minimum Gasteiger partial charge on any atom is -0.306 e. The quantitative estimate of drug-likeness (QED) is 0.366. The van der Waals surface area contributed by atoms with Crippen LogP contribution in [0.1, 0.15) is 49.9 Å². The van der Waals surface area contributed by atoms with Gasteiger partial charge in [-0.05, 0) is 37.8 Å². The molecule has 2 aromatic rings. The monoisotopic (exact) mass is 400 g/mol. The van der Waals surface area contributed by atoms with Crippen molar-refractivity contribution >= 4 is 0 Å². The van der Waals surface area contributed by atoms with E-state index in [1.54, 1.807) is 0 Å². The fraction of sp³-hybridized carbons (Fsp3) is 0.286. The molecule has 0 aromatic heterocycles. The van der Waals surface area contributed by atoms with Gasteiger partial charge in [-0.2, -0.15) is 0 Å². The molecule has 0 fully saturated rings. The van der Waals surface area contributed by atoms with Crippen LogP contribution in [0.15, 0.2) is 110 Å². The number of hydrogen-bond donors (Lipinski definition) is 2. The zero-order valence-electron chi connectivity index (χ0n) is 18.4. The SMILES string of the molecule is C=C/C=C/C[C@@H](N[C@H](C)c1ccccc1)[C@@H](C/C=C/C=C)N[C@H](C)c1ccccc1. The van der Waals surface area contributed by atoms with Crippen molar-refractivity contribution < 1.29 is 0 Å². The summed E-state index contributed by atoms with van der Waals surface area (Å²) in [5.74, 6) is 0. The second kappa shape index (κ2) is 13.5. The molecule has 0 radical (unpaired) electrons. The van der Waals surface area contributed by atoms with E-state index in [1.807, 2.05) is 24.3 Å². The van der Waals surface area contributed by atoms with E-state index in [2.05, 4.69) is 110 Å². The smallest absolute Gasteiger partial charge is 0.0295 e. The topological polar surface area (TPSA) is 24.1 Å². The molecule has 0 spiro atoms. The Hall–Kier alpha value is -2.68. The minimum atomic E-state index is 0.257. The standard InChI is InChI=1S/C28H36N2/c1-5-7-11-21-27(29-23(3)25-17-13-9-14-18-25)28(22-12-8-6-2)30-24(4)26-19-15-10-16-20-26/h5-20,23-24,27-30H,1-2,21-22H2,3-4H3/b11-7+,12-8+/t23-,24-,27-,28-/m1/s1. The van der Waals surface area contributed by atoms with Crippen LogP contribution in [0.25, 0.3) is 0 Å². The molecule has 2 heteroatoms. The summed E-state index contributed by atoms with van der Waals surface area (Å²) in [5.41, 5.74) is 2.60. The van der Waals surface area contributed by atoms with E-state index in [9.17, 15) is 0 Å². The molecule has 0 aliphatic heterocycles. The van der Waals surface area contributed by atoms with Gasteiger partial charge < -0.3 is 10.6 Å². The molecule has 30 heavy (non-hydrogen) atoms. The number of nitrogens with one attached hydrogen (secondary N) is 2. The van der Waals surface area contributed by atoms with Gasteiger partial charge >= 0.3 is 0 Å². The maximum absolute atomic E-state index is 3.87. The largest absolute Gasteiger partial charge is 0.306 e. The summed E-state index contributed by atoms with van der Waals surface area (Å²) in [7, 11) is 0. The zero-order valence-corrected chi connectivity index (χ0v) is 18.4. The van der Waals surface area contributed by atoms with Gasteiger partial charge in [0.15, 0.2) is 0 Å². The molecular formula is C28H36N2. The van der Waals surface area contributed by atoms with Crippen molar-refractivity contribution in [3.8, 4) is 0 Å². The van der Waals surface area contributed by atoms with Crippen molar-refractivity contribution in [2.24, 2.45) is 0 Å². The van der Waals surface area contributed by atoms with Gasteiger partial charge in [0.05, 0.1) is 0 Å². The molecule has 0 saturated heterocycles. The molecule has 0 aliphatic carbocycles. The van der Waals surface area contributed by atoms with Gasteiger partial charge in [0, 0.05) is 24.2 Å². The van der Waals surface area contributed by atoms with Crippen LogP contribution in [-0.2, 0) is 0 Å². The molecule has 2 nitrogen and oxygen atoms in total. The van der Waals surface area contributed by atoms with E-state index in [1.165, 1.54) is 11.1 Å². The lowest BCUT2D eigenvalue weighted by Gasteiger charge is -2.33. The fourth-order valence-corrected chi connectivity index (χ4v) is 3.66. The van der Waals surface area contributed by atoms with Gasteiger partial charge in [-0.15, -0.1) is 0 Å². The Morgan fingerprint density at radius 1 is 0.667 bits per heavy atom. The third-order valence-corrected chi connectivity index (χ3v) is 5.34. The summed E-state index contributed by atoms with van der Waals surface area (Å²) < 4.78 is 0. The van der Waals surface area contributed by atoms with Crippen LogP contribution in [0.5, 0.6) is 0 Å². The fourth-order valence-electron chi connectivity index (χ4n) is 3.66. The van der Waals surface area contributed by atoms with Crippen molar-refractivity contribution in [1.29, 1.82) is 0 Å². The molecule has 2 rings (SSSR count). The summed E-state index contributed by atoms with van der Waals surface area (Å²) in [6, 6.07) is 22.3. The van der Waals surface area contributed by atoms with Crippen molar-refractivity contribution in [3.63, 3.8) is 0 Å². The lowest BCUT2D eigenvalue weighted by molar-refractivity contribution is 0.324. The molecule has 2 N–H and O–H groups in total. The third kappa shape index (κ3) is 7.98. The second-order valence-corrected chi connectivity index (χ2v) is 7.61. The molecule has 0 aliphatic rings. The third-order valence-electron chi connectivity index (χ3n) is 5.34. The number of hydrogen-bond acceptors (Lipinski definition) is 2. The highest BCUT2D eigenvalue weighted by atomic mass is 15.0. The Balaban J connectivity index is 2.22. The van der Waals surface area contributed by atoms with E-state index >= 15 is 0 Å². The van der Waals surface area contributed by atoms with Crippen LogP contribution >= 0.6 is 0 Å². The van der Waals surface area contributed by atoms with Gasteiger partial charge in [0.25, 0.3) is 0 Å². The molecule has 0 saturated carbocycles. The Labute approximate surface area is 183 Å². The molecule has 0 heterocycles. The van der Waals surface area contributed by atoms with Crippen molar-refractivity contribution in [1.82, 2.24) is 10.6 Å². The first-order chi connectivity index (χ1) is 14.7. The molecule has 4 atom stereocenters. The van der Waals surface area contributed by atoms with Crippen molar-refractivity contribution in [2.75, 3.05) is 0 Å². The summed E-state index contributed by atoms with van der Waals surface area (Å²) >= 11 is 0. The minimum absolute atomic E-state index is 0.257. The molecule has 0 bridgehead atoms.